The van der Waals surface area contributed by atoms with Gasteiger partial charge in [0.1, 0.15) is 6.10 Å². The molecule has 19 heavy (non-hydrogen) atoms. The average Bonchev–Trinajstić information content (AvgIpc) is 2.68. The summed E-state index contributed by atoms with van der Waals surface area (Å²) in [6.07, 6.45) is 3.64. The van der Waals surface area contributed by atoms with Crippen molar-refractivity contribution in [1.29, 1.82) is 0 Å². The highest BCUT2D eigenvalue weighted by Crippen LogP contribution is 2.66. The van der Waals surface area contributed by atoms with Crippen LogP contribution < -0.4 is 5.11 Å². The lowest BCUT2D eigenvalue weighted by Gasteiger charge is -2.46. The number of carboxylic acid groups (broad SMARTS) is 1. The Morgan fingerprint density at radius 1 is 1.47 bits per heavy atom. The SMILES string of the molecule is C[C@@H]1OC(=O)C[C@H]2C(C(=O)[O-])=C[C@@H]3CC(C)(C)C[C@]312. The molecule has 0 radical (unpaired) electrons. The first-order chi connectivity index (χ1) is 8.76. The molecule has 2 aliphatic carbocycles. The highest BCUT2D eigenvalue weighted by Gasteiger charge is 2.63. The molecule has 0 N–H and O–H groups in total. The van der Waals surface area contributed by atoms with Gasteiger partial charge in [-0.05, 0) is 36.7 Å². The molecule has 3 aliphatic rings. The topological polar surface area (TPSA) is 66.4 Å². The minimum atomic E-state index is -1.13. The van der Waals surface area contributed by atoms with Gasteiger partial charge >= 0.3 is 5.97 Å². The van der Waals surface area contributed by atoms with Crippen molar-refractivity contribution in [2.24, 2.45) is 22.7 Å². The molecule has 0 amide bonds. The van der Waals surface area contributed by atoms with Gasteiger partial charge < -0.3 is 14.6 Å². The fourth-order valence-electron chi connectivity index (χ4n) is 4.80. The van der Waals surface area contributed by atoms with Crippen molar-refractivity contribution in [2.75, 3.05) is 0 Å². The Kier molecular flexibility index (Phi) is 2.42. The molecule has 104 valence electrons. The number of hydrogen-bond donors (Lipinski definition) is 0. The number of cyclic esters (lactones) is 1. The van der Waals surface area contributed by atoms with Crippen LogP contribution in [-0.4, -0.2) is 18.0 Å². The number of allylic oxidation sites excluding steroid dienone is 1. The molecular formula is C15H19O4-. The number of esters is 1. The Balaban J connectivity index is 2.08. The molecule has 0 aromatic heterocycles. The van der Waals surface area contributed by atoms with Gasteiger partial charge in [0.15, 0.2) is 0 Å². The fourth-order valence-corrected chi connectivity index (χ4v) is 4.80. The van der Waals surface area contributed by atoms with Gasteiger partial charge in [0, 0.05) is 11.3 Å². The minimum Gasteiger partial charge on any atom is -0.545 e. The molecule has 1 saturated heterocycles. The molecule has 4 nitrogen and oxygen atoms in total. The van der Waals surface area contributed by atoms with Gasteiger partial charge in [-0.1, -0.05) is 19.9 Å². The summed E-state index contributed by atoms with van der Waals surface area (Å²) in [5, 5.41) is 11.3. The summed E-state index contributed by atoms with van der Waals surface area (Å²) in [6.45, 7) is 6.31. The van der Waals surface area contributed by atoms with Crippen LogP contribution >= 0.6 is 0 Å². The molecule has 3 rings (SSSR count). The Bertz CT molecular complexity index is 490. The number of aliphatic carboxylic acids is 1. The van der Waals surface area contributed by atoms with Crippen LogP contribution in [0.3, 0.4) is 0 Å². The summed E-state index contributed by atoms with van der Waals surface area (Å²) < 4.78 is 5.44. The lowest BCUT2D eigenvalue weighted by molar-refractivity contribution is -0.300. The van der Waals surface area contributed by atoms with Crippen LogP contribution in [0.25, 0.3) is 0 Å². The molecule has 1 saturated carbocycles. The van der Waals surface area contributed by atoms with E-state index in [0.717, 1.165) is 12.8 Å². The first-order valence-electron chi connectivity index (χ1n) is 6.89. The molecule has 2 fully saturated rings. The normalized spacial score (nSPS) is 43.2. The summed E-state index contributed by atoms with van der Waals surface area (Å²) in [5.74, 6) is -1.47. The van der Waals surface area contributed by atoms with E-state index in [0.29, 0.717) is 5.57 Å². The molecule has 0 unspecified atom stereocenters. The van der Waals surface area contributed by atoms with E-state index in [1.807, 2.05) is 13.0 Å². The number of rotatable bonds is 1. The van der Waals surface area contributed by atoms with Crippen LogP contribution in [0.1, 0.15) is 40.0 Å². The molecule has 0 aromatic rings. The maximum atomic E-state index is 11.7. The Labute approximate surface area is 112 Å². The molecule has 0 aromatic carbocycles. The van der Waals surface area contributed by atoms with Crippen LogP contribution in [-0.2, 0) is 14.3 Å². The van der Waals surface area contributed by atoms with E-state index in [1.54, 1.807) is 0 Å². The van der Waals surface area contributed by atoms with Crippen molar-refractivity contribution in [1.82, 2.24) is 0 Å². The van der Waals surface area contributed by atoms with Crippen LogP contribution in [0.5, 0.6) is 0 Å². The Hall–Kier alpha value is -1.32. The van der Waals surface area contributed by atoms with Crippen molar-refractivity contribution < 1.29 is 19.4 Å². The zero-order valence-electron chi connectivity index (χ0n) is 11.6. The standard InChI is InChI=1S/C15H20O4/c1-8-15-7-14(2,3)6-9(15)4-10(13(17)18)11(15)5-12(16)19-8/h4,8-9,11H,5-7H2,1-3H3,(H,17,18)/p-1/t8-,9+,11-,15+/m0/s1. The highest BCUT2D eigenvalue weighted by atomic mass is 16.5. The van der Waals surface area contributed by atoms with Crippen molar-refractivity contribution in [3.63, 3.8) is 0 Å². The predicted molar refractivity (Wildman–Crippen MR) is 65.7 cm³/mol. The van der Waals surface area contributed by atoms with Crippen LogP contribution in [0.4, 0.5) is 0 Å². The lowest BCUT2D eigenvalue weighted by Crippen LogP contribution is -2.49. The van der Waals surface area contributed by atoms with Crippen LogP contribution in [0, 0.1) is 22.7 Å². The van der Waals surface area contributed by atoms with E-state index >= 15 is 0 Å². The van der Waals surface area contributed by atoms with Crippen molar-refractivity contribution in [2.45, 2.75) is 46.1 Å². The van der Waals surface area contributed by atoms with Crippen molar-refractivity contribution in [3.8, 4) is 0 Å². The summed E-state index contributed by atoms with van der Waals surface area (Å²) in [7, 11) is 0. The molecule has 4 heteroatoms. The number of ether oxygens (including phenoxy) is 1. The first-order valence-corrected chi connectivity index (χ1v) is 6.89. The molecule has 0 bridgehead atoms. The van der Waals surface area contributed by atoms with Crippen LogP contribution in [0.2, 0.25) is 0 Å². The van der Waals surface area contributed by atoms with Crippen molar-refractivity contribution in [3.05, 3.63) is 11.6 Å². The number of hydrogen-bond acceptors (Lipinski definition) is 4. The third kappa shape index (κ3) is 1.58. The van der Waals surface area contributed by atoms with Gasteiger partial charge in [0.25, 0.3) is 0 Å². The number of carbonyl (C=O) groups is 2. The molecule has 1 heterocycles. The van der Waals surface area contributed by atoms with Gasteiger partial charge in [0.2, 0.25) is 0 Å². The van der Waals surface area contributed by atoms with Gasteiger partial charge in [-0.15, -0.1) is 0 Å². The van der Waals surface area contributed by atoms with E-state index in [9.17, 15) is 14.7 Å². The fraction of sp³-hybridized carbons (Fsp3) is 0.733. The highest BCUT2D eigenvalue weighted by molar-refractivity contribution is 5.88. The zero-order valence-corrected chi connectivity index (χ0v) is 11.6. The second kappa shape index (κ2) is 3.62. The minimum absolute atomic E-state index is 0.162. The first kappa shape index (κ1) is 12.7. The quantitative estimate of drug-likeness (QED) is 0.663. The van der Waals surface area contributed by atoms with E-state index < -0.39 is 5.97 Å². The number of carboxylic acids is 1. The smallest absolute Gasteiger partial charge is 0.306 e. The van der Waals surface area contributed by atoms with Gasteiger partial charge in [-0.3, -0.25) is 4.79 Å². The maximum Gasteiger partial charge on any atom is 0.306 e. The summed E-state index contributed by atoms with van der Waals surface area (Å²) >= 11 is 0. The Morgan fingerprint density at radius 3 is 2.79 bits per heavy atom. The molecule has 4 atom stereocenters. The maximum absolute atomic E-state index is 11.7. The predicted octanol–water partition coefficient (Wildman–Crippen LogP) is 1.05. The zero-order chi connectivity index (χ0) is 14.0. The molecule has 1 spiro atoms. The number of carbonyl (C=O) groups excluding carboxylic acids is 2. The largest absolute Gasteiger partial charge is 0.545 e. The second-order valence-electron chi connectivity index (χ2n) is 7.06. The van der Waals surface area contributed by atoms with Gasteiger partial charge in [-0.25, -0.2) is 0 Å². The summed E-state index contributed by atoms with van der Waals surface area (Å²) in [6, 6.07) is 0. The molecular weight excluding hydrogens is 244 g/mol. The second-order valence-corrected chi connectivity index (χ2v) is 7.06. The van der Waals surface area contributed by atoms with E-state index in [1.165, 1.54) is 0 Å². The Morgan fingerprint density at radius 2 is 2.16 bits per heavy atom. The average molecular weight is 263 g/mol. The van der Waals surface area contributed by atoms with E-state index in [2.05, 4.69) is 13.8 Å². The van der Waals surface area contributed by atoms with E-state index in [-0.39, 0.29) is 41.2 Å². The monoisotopic (exact) mass is 263 g/mol. The van der Waals surface area contributed by atoms with Gasteiger partial charge in [0.05, 0.1) is 12.4 Å². The third-order valence-corrected chi connectivity index (χ3v) is 5.32. The molecule has 1 aliphatic heterocycles. The van der Waals surface area contributed by atoms with E-state index in [4.69, 9.17) is 4.74 Å². The summed E-state index contributed by atoms with van der Waals surface area (Å²) in [4.78, 5) is 23.0. The summed E-state index contributed by atoms with van der Waals surface area (Å²) in [5.41, 5.74) is 0.255. The van der Waals surface area contributed by atoms with Crippen molar-refractivity contribution >= 4 is 11.9 Å². The lowest BCUT2D eigenvalue weighted by atomic mass is 9.64. The van der Waals surface area contributed by atoms with Crippen LogP contribution in [0.15, 0.2) is 11.6 Å². The third-order valence-electron chi connectivity index (χ3n) is 5.32. The van der Waals surface area contributed by atoms with Gasteiger partial charge in [-0.2, -0.15) is 0 Å².